The molecule has 142 valence electrons. The molecular formula is C20H40Cl2SiZr. The van der Waals surface area contributed by atoms with Gasteiger partial charge in [-0.2, -0.15) is 0 Å². The molecule has 0 aromatic heterocycles. The Kier molecular flexibility index (Phi) is 9.14. The Morgan fingerprint density at radius 1 is 0.500 bits per heavy atom. The van der Waals surface area contributed by atoms with Crippen LogP contribution in [-0.2, 0) is 20.8 Å². The Hall–Kier alpha value is 1.68. The van der Waals surface area contributed by atoms with Gasteiger partial charge in [-0.05, 0) is 58.4 Å². The molecule has 2 saturated carbocycles. The van der Waals surface area contributed by atoms with Crippen molar-refractivity contribution in [2.45, 2.75) is 79.6 Å². The second-order valence-electron chi connectivity index (χ2n) is 9.82. The van der Waals surface area contributed by atoms with E-state index in [1.807, 2.05) is 0 Å². The van der Waals surface area contributed by atoms with Crippen LogP contribution in [0.1, 0.15) is 55.4 Å². The molecule has 0 aliphatic heterocycles. The number of hydrogen-bond donors (Lipinski definition) is 0. The Bertz CT molecular complexity index is 341. The zero-order valence-electron chi connectivity index (χ0n) is 17.5. The van der Waals surface area contributed by atoms with Gasteiger partial charge in [0.25, 0.3) is 0 Å². The van der Waals surface area contributed by atoms with Crippen LogP contribution in [-0.4, -0.2) is 8.07 Å². The molecule has 4 heteroatoms. The molecule has 2 rings (SSSR count). The summed E-state index contributed by atoms with van der Waals surface area (Å²) in [4.78, 5) is 0. The van der Waals surface area contributed by atoms with Crippen molar-refractivity contribution in [1.29, 1.82) is 0 Å². The molecule has 0 aromatic rings. The van der Waals surface area contributed by atoms with Crippen LogP contribution >= 0.6 is 17.0 Å². The number of hydrogen-bond acceptors (Lipinski definition) is 0. The molecule has 2 aliphatic rings. The second kappa shape index (κ2) is 9.25. The van der Waals surface area contributed by atoms with E-state index in [4.69, 9.17) is 17.0 Å². The van der Waals surface area contributed by atoms with E-state index in [0.717, 1.165) is 58.4 Å². The van der Waals surface area contributed by atoms with Crippen LogP contribution in [0.5, 0.6) is 0 Å². The monoisotopic (exact) mass is 468 g/mol. The van der Waals surface area contributed by atoms with Gasteiger partial charge >= 0.3 is 37.9 Å². The van der Waals surface area contributed by atoms with Crippen LogP contribution in [0.4, 0.5) is 0 Å². The van der Waals surface area contributed by atoms with E-state index in [0.29, 0.717) is 0 Å². The molecule has 0 radical (unpaired) electrons. The predicted molar refractivity (Wildman–Crippen MR) is 110 cm³/mol. The summed E-state index contributed by atoms with van der Waals surface area (Å²) in [5.41, 5.74) is 2.05. The first-order valence-corrected chi connectivity index (χ1v) is 19.4. The van der Waals surface area contributed by atoms with Gasteiger partial charge in [0.15, 0.2) is 0 Å². The second-order valence-corrected chi connectivity index (χ2v) is 18.5. The summed E-state index contributed by atoms with van der Waals surface area (Å²) in [6.45, 7) is 25.8. The molecule has 0 N–H and O–H groups in total. The van der Waals surface area contributed by atoms with Crippen molar-refractivity contribution in [1.82, 2.24) is 0 Å². The van der Waals surface area contributed by atoms with Crippen molar-refractivity contribution in [3.63, 3.8) is 0 Å². The molecule has 8 atom stereocenters. The summed E-state index contributed by atoms with van der Waals surface area (Å²) in [6.07, 6.45) is 0. The van der Waals surface area contributed by atoms with Gasteiger partial charge in [-0.1, -0.05) is 68.5 Å². The fraction of sp³-hybridized carbons (Fsp3) is 1.00. The topological polar surface area (TPSA) is 0 Å². The van der Waals surface area contributed by atoms with Crippen LogP contribution in [0.25, 0.3) is 0 Å². The summed E-state index contributed by atoms with van der Waals surface area (Å²) >= 11 is -0.826. The van der Waals surface area contributed by atoms with E-state index in [-0.39, 0.29) is 0 Å². The molecule has 0 aromatic carbocycles. The first kappa shape index (κ1) is 23.7. The normalized spacial score (nSPS) is 48.8. The average molecular weight is 471 g/mol. The molecule has 2 aliphatic carbocycles. The van der Waals surface area contributed by atoms with Crippen molar-refractivity contribution in [3.05, 3.63) is 0 Å². The molecule has 0 heterocycles. The van der Waals surface area contributed by atoms with Crippen molar-refractivity contribution in [2.24, 2.45) is 47.3 Å². The van der Waals surface area contributed by atoms with Gasteiger partial charge in [0.2, 0.25) is 0 Å². The first-order valence-electron chi connectivity index (χ1n) is 9.91. The minimum atomic E-state index is -1.26. The van der Waals surface area contributed by atoms with E-state index in [9.17, 15) is 0 Å². The SMILES string of the molecule is CC1C(C)C(C)C([Si](C)(C)C2C(C)C(C)C(C)C2C)C1C.[Cl][Zr][Cl]. The molecule has 0 amide bonds. The number of rotatable bonds is 2. The summed E-state index contributed by atoms with van der Waals surface area (Å²) in [6, 6.07) is 0. The van der Waals surface area contributed by atoms with E-state index >= 15 is 0 Å². The Balaban J connectivity index is 0.000000891. The molecular weight excluding hydrogens is 430 g/mol. The van der Waals surface area contributed by atoms with E-state index in [1.54, 1.807) is 0 Å². The fourth-order valence-electron chi connectivity index (χ4n) is 7.11. The van der Waals surface area contributed by atoms with Gasteiger partial charge in [0.05, 0.1) is 8.07 Å². The summed E-state index contributed by atoms with van der Waals surface area (Å²) in [5.74, 6) is 7.39. The third-order valence-electron chi connectivity index (χ3n) is 8.96. The third-order valence-corrected chi connectivity index (χ3v) is 14.5. The Morgan fingerprint density at radius 2 is 0.667 bits per heavy atom. The van der Waals surface area contributed by atoms with Gasteiger partial charge in [0, 0.05) is 0 Å². The van der Waals surface area contributed by atoms with Crippen molar-refractivity contribution in [2.75, 3.05) is 0 Å². The van der Waals surface area contributed by atoms with Gasteiger partial charge in [-0.15, -0.1) is 0 Å². The summed E-state index contributed by atoms with van der Waals surface area (Å²) < 4.78 is 0. The summed E-state index contributed by atoms with van der Waals surface area (Å²) in [7, 11) is 8.61. The summed E-state index contributed by atoms with van der Waals surface area (Å²) in [5, 5.41) is 0. The fourth-order valence-corrected chi connectivity index (χ4v) is 14.2. The zero-order valence-corrected chi connectivity index (χ0v) is 22.5. The molecule has 0 saturated heterocycles. The minimum absolute atomic E-state index is 0.826. The van der Waals surface area contributed by atoms with Gasteiger partial charge in [-0.3, -0.25) is 0 Å². The van der Waals surface area contributed by atoms with Crippen LogP contribution in [0, 0.1) is 47.3 Å². The van der Waals surface area contributed by atoms with Crippen LogP contribution in [0.15, 0.2) is 0 Å². The molecule has 2 fully saturated rings. The molecule has 8 unspecified atom stereocenters. The third kappa shape index (κ3) is 4.23. The van der Waals surface area contributed by atoms with Gasteiger partial charge < -0.3 is 0 Å². The average Bonchev–Trinajstić information content (AvgIpc) is 2.81. The maximum absolute atomic E-state index is 4.93. The van der Waals surface area contributed by atoms with E-state index in [2.05, 4.69) is 68.5 Å². The van der Waals surface area contributed by atoms with Crippen LogP contribution in [0.2, 0.25) is 24.2 Å². The van der Waals surface area contributed by atoms with Crippen LogP contribution in [0.3, 0.4) is 0 Å². The van der Waals surface area contributed by atoms with E-state index in [1.165, 1.54) is 0 Å². The quantitative estimate of drug-likeness (QED) is 0.359. The van der Waals surface area contributed by atoms with Crippen molar-refractivity contribution in [3.8, 4) is 0 Å². The van der Waals surface area contributed by atoms with E-state index < -0.39 is 28.9 Å². The predicted octanol–water partition coefficient (Wildman–Crippen LogP) is 7.93. The maximum atomic E-state index is 4.93. The van der Waals surface area contributed by atoms with Crippen molar-refractivity contribution < 1.29 is 20.8 Å². The van der Waals surface area contributed by atoms with Crippen molar-refractivity contribution >= 4 is 25.1 Å². The van der Waals surface area contributed by atoms with Gasteiger partial charge in [-0.25, -0.2) is 0 Å². The number of halogens is 2. The standard InChI is InChI=1S/C20H40Si.2ClH.Zr/c1-11-12(2)16(6)19(15(11)5)21(9,10)20-17(7)13(3)14(4)18(20)8;;;/h11-20H,1-10H3;2*1H;/q;;;+2/p-2. The van der Waals surface area contributed by atoms with Gasteiger partial charge in [0.1, 0.15) is 0 Å². The first-order chi connectivity index (χ1) is 10.9. The van der Waals surface area contributed by atoms with Crippen LogP contribution < -0.4 is 0 Å². The Labute approximate surface area is 171 Å². The Morgan fingerprint density at radius 3 is 0.833 bits per heavy atom. The molecule has 0 spiro atoms. The molecule has 0 bridgehead atoms. The zero-order chi connectivity index (χ0) is 19.0. The molecule has 0 nitrogen and oxygen atoms in total. The molecule has 24 heavy (non-hydrogen) atoms.